The molecule has 0 radical (unpaired) electrons. The molecule has 2 aromatic rings. The highest BCUT2D eigenvalue weighted by atomic mass is 35.5. The van der Waals surface area contributed by atoms with Crippen molar-refractivity contribution < 1.29 is 0 Å². The van der Waals surface area contributed by atoms with E-state index in [-0.39, 0.29) is 0 Å². The number of aromatic nitrogens is 2. The van der Waals surface area contributed by atoms with Gasteiger partial charge in [0, 0.05) is 29.2 Å². The minimum absolute atomic E-state index is 0.759. The summed E-state index contributed by atoms with van der Waals surface area (Å²) < 4.78 is 0. The maximum absolute atomic E-state index is 5.98. The van der Waals surface area contributed by atoms with Crippen molar-refractivity contribution in [3.05, 3.63) is 46.4 Å². The van der Waals surface area contributed by atoms with Gasteiger partial charge in [-0.15, -0.1) is 0 Å². The summed E-state index contributed by atoms with van der Waals surface area (Å²) in [6, 6.07) is 5.90. The SMILES string of the molecule is Cc1cc(Cl)ccc1-c1ncnc2c1CNC2. The summed E-state index contributed by atoms with van der Waals surface area (Å²) in [5, 5.41) is 4.06. The summed E-state index contributed by atoms with van der Waals surface area (Å²) in [5.74, 6) is 0. The Morgan fingerprint density at radius 1 is 1.24 bits per heavy atom. The van der Waals surface area contributed by atoms with E-state index in [2.05, 4.69) is 22.2 Å². The summed E-state index contributed by atoms with van der Waals surface area (Å²) in [6.45, 7) is 3.73. The maximum atomic E-state index is 5.98. The zero-order valence-corrected chi connectivity index (χ0v) is 10.3. The van der Waals surface area contributed by atoms with Gasteiger partial charge in [0.1, 0.15) is 6.33 Å². The lowest BCUT2D eigenvalue weighted by atomic mass is 10.0. The second kappa shape index (κ2) is 4.09. The van der Waals surface area contributed by atoms with Crippen LogP contribution >= 0.6 is 11.6 Å². The van der Waals surface area contributed by atoms with Crippen LogP contribution in [-0.4, -0.2) is 9.97 Å². The number of nitrogens with zero attached hydrogens (tertiary/aromatic N) is 2. The molecule has 2 heterocycles. The molecule has 0 bridgehead atoms. The molecule has 17 heavy (non-hydrogen) atoms. The second-order valence-electron chi connectivity index (χ2n) is 4.21. The third kappa shape index (κ3) is 1.81. The molecule has 1 aliphatic heterocycles. The van der Waals surface area contributed by atoms with Crippen LogP contribution in [0.5, 0.6) is 0 Å². The molecular formula is C13H12ClN3. The van der Waals surface area contributed by atoms with E-state index >= 15 is 0 Å². The van der Waals surface area contributed by atoms with Gasteiger partial charge in [-0.1, -0.05) is 17.7 Å². The van der Waals surface area contributed by atoms with E-state index < -0.39 is 0 Å². The molecule has 1 aliphatic rings. The molecule has 1 aromatic carbocycles. The molecular weight excluding hydrogens is 234 g/mol. The van der Waals surface area contributed by atoms with Gasteiger partial charge >= 0.3 is 0 Å². The van der Waals surface area contributed by atoms with Gasteiger partial charge in [0.15, 0.2) is 0 Å². The molecule has 1 aromatic heterocycles. The standard InChI is InChI=1S/C13H12ClN3/c1-8-4-9(14)2-3-10(8)13-11-5-15-6-12(11)16-7-17-13/h2-4,7,15H,5-6H2,1H3. The molecule has 0 unspecified atom stereocenters. The third-order valence-electron chi connectivity index (χ3n) is 3.07. The van der Waals surface area contributed by atoms with E-state index in [0.717, 1.165) is 40.6 Å². The first kappa shape index (κ1) is 10.7. The summed E-state index contributed by atoms with van der Waals surface area (Å²) in [5.41, 5.74) is 5.61. The highest BCUT2D eigenvalue weighted by molar-refractivity contribution is 6.30. The first-order chi connectivity index (χ1) is 8.25. The Balaban J connectivity index is 2.19. The van der Waals surface area contributed by atoms with Crippen LogP contribution in [0.4, 0.5) is 0 Å². The van der Waals surface area contributed by atoms with Crippen LogP contribution < -0.4 is 5.32 Å². The lowest BCUT2D eigenvalue weighted by Crippen LogP contribution is -2.01. The number of benzene rings is 1. The van der Waals surface area contributed by atoms with Gasteiger partial charge in [-0.3, -0.25) is 0 Å². The van der Waals surface area contributed by atoms with Gasteiger partial charge in [-0.05, 0) is 24.6 Å². The van der Waals surface area contributed by atoms with Gasteiger partial charge in [-0.2, -0.15) is 0 Å². The summed E-state index contributed by atoms with van der Waals surface area (Å²) in [6.07, 6.45) is 1.63. The van der Waals surface area contributed by atoms with Crippen molar-refractivity contribution in [1.29, 1.82) is 0 Å². The fourth-order valence-corrected chi connectivity index (χ4v) is 2.44. The molecule has 4 heteroatoms. The quantitative estimate of drug-likeness (QED) is 0.840. The van der Waals surface area contributed by atoms with Crippen molar-refractivity contribution in [2.75, 3.05) is 0 Å². The Kier molecular flexibility index (Phi) is 2.57. The van der Waals surface area contributed by atoms with Gasteiger partial charge in [0.05, 0.1) is 11.4 Å². The van der Waals surface area contributed by atoms with E-state index in [1.54, 1.807) is 6.33 Å². The largest absolute Gasteiger partial charge is 0.307 e. The molecule has 0 amide bonds. The van der Waals surface area contributed by atoms with Gasteiger partial charge < -0.3 is 5.32 Å². The van der Waals surface area contributed by atoms with Crippen molar-refractivity contribution in [1.82, 2.24) is 15.3 Å². The highest BCUT2D eigenvalue weighted by Gasteiger charge is 2.18. The average molecular weight is 246 g/mol. The molecule has 0 atom stereocenters. The minimum atomic E-state index is 0.759. The Bertz CT molecular complexity index is 581. The third-order valence-corrected chi connectivity index (χ3v) is 3.31. The molecule has 1 N–H and O–H groups in total. The van der Waals surface area contributed by atoms with Crippen LogP contribution in [0.3, 0.4) is 0 Å². The van der Waals surface area contributed by atoms with E-state index in [1.807, 2.05) is 18.2 Å². The Hall–Kier alpha value is -1.45. The van der Waals surface area contributed by atoms with Crippen molar-refractivity contribution in [2.45, 2.75) is 20.0 Å². The fourth-order valence-electron chi connectivity index (χ4n) is 2.22. The smallest absolute Gasteiger partial charge is 0.116 e. The normalized spacial score (nSPS) is 13.8. The molecule has 0 spiro atoms. The Morgan fingerprint density at radius 3 is 2.94 bits per heavy atom. The second-order valence-corrected chi connectivity index (χ2v) is 4.65. The first-order valence-corrected chi connectivity index (χ1v) is 5.93. The Labute approximate surface area is 105 Å². The molecule has 0 fully saturated rings. The number of hydrogen-bond donors (Lipinski definition) is 1. The van der Waals surface area contributed by atoms with Crippen LogP contribution in [0, 0.1) is 6.92 Å². The molecule has 3 nitrogen and oxygen atoms in total. The summed E-state index contributed by atoms with van der Waals surface area (Å²) in [4.78, 5) is 8.71. The van der Waals surface area contributed by atoms with Crippen LogP contribution in [-0.2, 0) is 13.1 Å². The maximum Gasteiger partial charge on any atom is 0.116 e. The highest BCUT2D eigenvalue weighted by Crippen LogP contribution is 2.29. The summed E-state index contributed by atoms with van der Waals surface area (Å²) >= 11 is 5.98. The average Bonchev–Trinajstić information content (AvgIpc) is 2.77. The van der Waals surface area contributed by atoms with Crippen molar-refractivity contribution in [3.63, 3.8) is 0 Å². The number of aryl methyl sites for hydroxylation is 1. The van der Waals surface area contributed by atoms with Crippen LogP contribution in [0.15, 0.2) is 24.5 Å². The first-order valence-electron chi connectivity index (χ1n) is 5.55. The molecule has 0 aliphatic carbocycles. The van der Waals surface area contributed by atoms with E-state index in [4.69, 9.17) is 11.6 Å². The number of halogens is 1. The minimum Gasteiger partial charge on any atom is -0.307 e. The Morgan fingerprint density at radius 2 is 2.12 bits per heavy atom. The van der Waals surface area contributed by atoms with E-state index in [1.165, 1.54) is 5.56 Å². The van der Waals surface area contributed by atoms with Gasteiger partial charge in [0.25, 0.3) is 0 Å². The van der Waals surface area contributed by atoms with Crippen molar-refractivity contribution in [3.8, 4) is 11.3 Å². The molecule has 86 valence electrons. The number of hydrogen-bond acceptors (Lipinski definition) is 3. The molecule has 0 saturated heterocycles. The predicted molar refractivity (Wildman–Crippen MR) is 67.8 cm³/mol. The number of fused-ring (bicyclic) bond motifs is 1. The lowest BCUT2D eigenvalue weighted by molar-refractivity contribution is 0.758. The lowest BCUT2D eigenvalue weighted by Gasteiger charge is -2.09. The fraction of sp³-hybridized carbons (Fsp3) is 0.231. The van der Waals surface area contributed by atoms with Crippen LogP contribution in [0.25, 0.3) is 11.3 Å². The van der Waals surface area contributed by atoms with Crippen molar-refractivity contribution in [2.24, 2.45) is 0 Å². The zero-order chi connectivity index (χ0) is 11.8. The summed E-state index contributed by atoms with van der Waals surface area (Å²) in [7, 11) is 0. The van der Waals surface area contributed by atoms with E-state index in [9.17, 15) is 0 Å². The van der Waals surface area contributed by atoms with Crippen molar-refractivity contribution >= 4 is 11.6 Å². The topological polar surface area (TPSA) is 37.8 Å². The number of nitrogens with one attached hydrogen (secondary N) is 1. The van der Waals surface area contributed by atoms with Crippen LogP contribution in [0.1, 0.15) is 16.8 Å². The monoisotopic (exact) mass is 245 g/mol. The zero-order valence-electron chi connectivity index (χ0n) is 9.50. The molecule has 3 rings (SSSR count). The van der Waals surface area contributed by atoms with Gasteiger partial charge in [-0.25, -0.2) is 9.97 Å². The molecule has 0 saturated carbocycles. The van der Waals surface area contributed by atoms with Crippen LogP contribution in [0.2, 0.25) is 5.02 Å². The van der Waals surface area contributed by atoms with Gasteiger partial charge in [0.2, 0.25) is 0 Å². The number of rotatable bonds is 1. The predicted octanol–water partition coefficient (Wildman–Crippen LogP) is 2.71. The van der Waals surface area contributed by atoms with E-state index in [0.29, 0.717) is 0 Å².